The van der Waals surface area contributed by atoms with E-state index in [1.807, 2.05) is 37.3 Å². The minimum absolute atomic E-state index is 0.164. The number of halogens is 1. The van der Waals surface area contributed by atoms with Crippen LogP contribution in [0.4, 0.5) is 4.39 Å². The Morgan fingerprint density at radius 2 is 1.81 bits per heavy atom. The van der Waals surface area contributed by atoms with Crippen LogP contribution < -0.4 is 5.32 Å². The Labute approximate surface area is 155 Å². The summed E-state index contributed by atoms with van der Waals surface area (Å²) in [5.41, 5.74) is 2.66. The Morgan fingerprint density at radius 3 is 2.59 bits per heavy atom. The fraction of sp³-hybridized carbons (Fsp3) is 0.0952. The van der Waals surface area contributed by atoms with Crippen molar-refractivity contribution in [3.05, 3.63) is 90.0 Å². The van der Waals surface area contributed by atoms with E-state index in [0.717, 1.165) is 5.56 Å². The molecule has 0 unspecified atom stereocenters. The number of hydrogen-bond donors (Lipinski definition) is 1. The first kappa shape index (κ1) is 16.9. The third-order valence-corrected chi connectivity index (χ3v) is 4.44. The number of nitrogens with one attached hydrogen (secondary N) is 1. The topological polar surface area (TPSA) is 59.3 Å². The van der Waals surface area contributed by atoms with E-state index in [2.05, 4.69) is 15.4 Å². The van der Waals surface area contributed by atoms with E-state index in [9.17, 15) is 9.18 Å². The monoisotopic (exact) mass is 360 g/mol. The molecule has 134 valence electrons. The molecule has 27 heavy (non-hydrogen) atoms. The van der Waals surface area contributed by atoms with Gasteiger partial charge in [-0.3, -0.25) is 4.79 Å². The lowest BCUT2D eigenvalue weighted by Crippen LogP contribution is -2.26. The second-order valence-electron chi connectivity index (χ2n) is 6.21. The van der Waals surface area contributed by atoms with E-state index < -0.39 is 0 Å². The van der Waals surface area contributed by atoms with Crippen LogP contribution >= 0.6 is 0 Å². The fourth-order valence-electron chi connectivity index (χ4n) is 3.02. The van der Waals surface area contributed by atoms with Gasteiger partial charge in [0.2, 0.25) is 0 Å². The Kier molecular flexibility index (Phi) is 4.38. The van der Waals surface area contributed by atoms with Crippen molar-refractivity contribution in [3.8, 4) is 11.3 Å². The summed E-state index contributed by atoms with van der Waals surface area (Å²) in [5.74, 6) is -0.635. The molecule has 0 saturated carbocycles. The summed E-state index contributed by atoms with van der Waals surface area (Å²) in [5, 5.41) is 7.22. The third kappa shape index (κ3) is 3.17. The molecule has 4 aromatic rings. The van der Waals surface area contributed by atoms with Crippen molar-refractivity contribution in [2.45, 2.75) is 13.0 Å². The summed E-state index contributed by atoms with van der Waals surface area (Å²) in [6.07, 6.45) is 3.01. The highest BCUT2D eigenvalue weighted by molar-refractivity contribution is 6.00. The van der Waals surface area contributed by atoms with Gasteiger partial charge in [0.25, 0.3) is 5.91 Å². The molecule has 0 aliphatic heterocycles. The maximum atomic E-state index is 14.2. The minimum atomic E-state index is -0.357. The highest BCUT2D eigenvalue weighted by Crippen LogP contribution is 2.24. The molecule has 2 heterocycles. The van der Waals surface area contributed by atoms with Gasteiger partial charge in [-0.15, -0.1) is 0 Å². The predicted molar refractivity (Wildman–Crippen MR) is 101 cm³/mol. The van der Waals surface area contributed by atoms with E-state index >= 15 is 0 Å². The van der Waals surface area contributed by atoms with Crippen LogP contribution in [0.1, 0.15) is 28.9 Å². The second kappa shape index (κ2) is 6.99. The summed E-state index contributed by atoms with van der Waals surface area (Å²) in [4.78, 5) is 17.0. The molecule has 4 rings (SSSR count). The van der Waals surface area contributed by atoms with Crippen LogP contribution in [-0.2, 0) is 0 Å². The van der Waals surface area contributed by atoms with Crippen LogP contribution in [0.2, 0.25) is 0 Å². The summed E-state index contributed by atoms with van der Waals surface area (Å²) in [6.45, 7) is 1.91. The van der Waals surface area contributed by atoms with Gasteiger partial charge in [0, 0.05) is 11.8 Å². The first-order valence-corrected chi connectivity index (χ1v) is 8.58. The van der Waals surface area contributed by atoms with Gasteiger partial charge < -0.3 is 5.32 Å². The molecule has 0 aliphatic carbocycles. The molecule has 1 N–H and O–H groups in total. The van der Waals surface area contributed by atoms with E-state index in [1.165, 1.54) is 16.8 Å². The van der Waals surface area contributed by atoms with Crippen LogP contribution in [0.5, 0.6) is 0 Å². The van der Waals surface area contributed by atoms with Crippen LogP contribution in [0.3, 0.4) is 0 Å². The predicted octanol–water partition coefficient (Wildman–Crippen LogP) is 4.03. The molecule has 0 spiro atoms. The van der Waals surface area contributed by atoms with E-state index in [-0.39, 0.29) is 17.8 Å². The van der Waals surface area contributed by atoms with Crippen molar-refractivity contribution in [2.75, 3.05) is 0 Å². The first-order chi connectivity index (χ1) is 13.1. The van der Waals surface area contributed by atoms with Gasteiger partial charge in [-0.2, -0.15) is 5.10 Å². The molecule has 0 fully saturated rings. The quantitative estimate of drug-likeness (QED) is 0.598. The first-order valence-electron chi connectivity index (χ1n) is 8.58. The highest BCUT2D eigenvalue weighted by Gasteiger charge is 2.19. The highest BCUT2D eigenvalue weighted by atomic mass is 19.1. The molecule has 0 aliphatic rings. The smallest absolute Gasteiger partial charge is 0.257 e. The number of benzene rings is 2. The molecule has 0 saturated heterocycles. The summed E-state index contributed by atoms with van der Waals surface area (Å²) >= 11 is 0. The summed E-state index contributed by atoms with van der Waals surface area (Å²) in [6, 6.07) is 17.6. The Hall–Kier alpha value is -3.54. The number of carbonyl (C=O) groups excluding carboxylic acids is 1. The lowest BCUT2D eigenvalue weighted by atomic mass is 10.1. The number of nitrogens with zero attached hydrogens (tertiary/aromatic N) is 3. The van der Waals surface area contributed by atoms with E-state index in [1.54, 1.807) is 30.5 Å². The van der Waals surface area contributed by atoms with E-state index in [0.29, 0.717) is 22.5 Å². The molecular weight excluding hydrogens is 343 g/mol. The summed E-state index contributed by atoms with van der Waals surface area (Å²) in [7, 11) is 0. The van der Waals surface area contributed by atoms with Crippen LogP contribution in [0.15, 0.2) is 73.1 Å². The zero-order valence-corrected chi connectivity index (χ0v) is 14.6. The second-order valence-corrected chi connectivity index (χ2v) is 6.21. The number of carbonyl (C=O) groups is 1. The molecular formula is C21H17FN4O. The van der Waals surface area contributed by atoms with Crippen LogP contribution in [-0.4, -0.2) is 20.5 Å². The number of fused-ring (bicyclic) bond motifs is 1. The van der Waals surface area contributed by atoms with Crippen molar-refractivity contribution in [1.82, 2.24) is 19.9 Å². The van der Waals surface area contributed by atoms with Crippen LogP contribution in [0, 0.1) is 5.82 Å². The van der Waals surface area contributed by atoms with E-state index in [4.69, 9.17) is 0 Å². The molecule has 5 nitrogen and oxygen atoms in total. The molecule has 1 amide bonds. The lowest BCUT2D eigenvalue weighted by molar-refractivity contribution is 0.0941. The maximum absolute atomic E-state index is 14.2. The zero-order valence-electron chi connectivity index (χ0n) is 14.6. The number of hydrogen-bond acceptors (Lipinski definition) is 3. The minimum Gasteiger partial charge on any atom is -0.345 e. The Morgan fingerprint density at radius 1 is 1.07 bits per heavy atom. The summed E-state index contributed by atoms with van der Waals surface area (Å²) < 4.78 is 15.7. The largest absolute Gasteiger partial charge is 0.345 e. The maximum Gasteiger partial charge on any atom is 0.257 e. The van der Waals surface area contributed by atoms with Gasteiger partial charge >= 0.3 is 0 Å². The van der Waals surface area contributed by atoms with Crippen molar-refractivity contribution < 1.29 is 9.18 Å². The van der Waals surface area contributed by atoms with Gasteiger partial charge in [-0.05, 0) is 30.7 Å². The SMILES string of the molecule is C[C@H](NC(=O)c1cnn2c(-c3ccccc3F)ccnc12)c1ccccc1. The van der Waals surface area contributed by atoms with Gasteiger partial charge in [0.05, 0.1) is 17.9 Å². The Bertz CT molecular complexity index is 1110. The van der Waals surface area contributed by atoms with Gasteiger partial charge in [-0.25, -0.2) is 13.9 Å². The molecule has 0 radical (unpaired) electrons. The zero-order chi connectivity index (χ0) is 18.8. The Balaban J connectivity index is 1.69. The fourth-order valence-corrected chi connectivity index (χ4v) is 3.02. The van der Waals surface area contributed by atoms with Crippen molar-refractivity contribution in [1.29, 1.82) is 0 Å². The normalized spacial score (nSPS) is 12.1. The van der Waals surface area contributed by atoms with Gasteiger partial charge in [-0.1, -0.05) is 42.5 Å². The molecule has 0 bridgehead atoms. The van der Waals surface area contributed by atoms with Crippen molar-refractivity contribution in [2.24, 2.45) is 0 Å². The molecule has 6 heteroatoms. The lowest BCUT2D eigenvalue weighted by Gasteiger charge is -2.13. The number of amides is 1. The average Bonchev–Trinajstić information content (AvgIpc) is 3.13. The average molecular weight is 360 g/mol. The molecule has 1 atom stereocenters. The number of aromatic nitrogens is 3. The third-order valence-electron chi connectivity index (χ3n) is 4.44. The van der Waals surface area contributed by atoms with Crippen LogP contribution in [0.25, 0.3) is 16.9 Å². The number of rotatable bonds is 4. The van der Waals surface area contributed by atoms with Crippen molar-refractivity contribution in [3.63, 3.8) is 0 Å². The van der Waals surface area contributed by atoms with Gasteiger partial charge in [0.1, 0.15) is 11.4 Å². The van der Waals surface area contributed by atoms with Crippen molar-refractivity contribution >= 4 is 11.6 Å². The molecule has 2 aromatic heterocycles. The molecule has 2 aromatic carbocycles. The van der Waals surface area contributed by atoms with Gasteiger partial charge in [0.15, 0.2) is 5.65 Å². The standard InChI is InChI=1S/C21H17FN4O/c1-14(15-7-3-2-4-8-15)25-21(27)17-13-24-26-19(11-12-23-20(17)26)16-9-5-6-10-18(16)22/h2-14H,1H3,(H,25,27)/t14-/m0/s1.